The van der Waals surface area contributed by atoms with Gasteiger partial charge in [-0.05, 0) is 48.9 Å². The van der Waals surface area contributed by atoms with Crippen molar-refractivity contribution in [2.24, 2.45) is 23.2 Å². The average molecular weight is 297 g/mol. The minimum absolute atomic E-state index is 0.143. The van der Waals surface area contributed by atoms with Gasteiger partial charge in [0.15, 0.2) is 0 Å². The predicted molar refractivity (Wildman–Crippen MR) is 93.6 cm³/mol. The Morgan fingerprint density at radius 3 is 2.38 bits per heavy atom. The second-order valence-electron chi connectivity index (χ2n) is 8.87. The summed E-state index contributed by atoms with van der Waals surface area (Å²) in [6.07, 6.45) is 9.08. The Morgan fingerprint density at radius 2 is 1.90 bits per heavy atom. The lowest BCUT2D eigenvalue weighted by atomic mass is 9.72. The van der Waals surface area contributed by atoms with Gasteiger partial charge in [-0.2, -0.15) is 0 Å². The third-order valence-electron chi connectivity index (χ3n) is 5.51. The van der Waals surface area contributed by atoms with Crippen LogP contribution in [0.1, 0.15) is 93.4 Å². The highest BCUT2D eigenvalue weighted by Crippen LogP contribution is 2.42. The van der Waals surface area contributed by atoms with E-state index in [0.29, 0.717) is 11.3 Å². The Kier molecular flexibility index (Phi) is 7.24. The van der Waals surface area contributed by atoms with Crippen molar-refractivity contribution < 1.29 is 4.74 Å². The molecule has 3 unspecified atom stereocenters. The van der Waals surface area contributed by atoms with Gasteiger partial charge in [-0.1, -0.05) is 67.7 Å². The number of rotatable bonds is 8. The Bertz CT molecular complexity index is 296. The first-order chi connectivity index (χ1) is 9.73. The SMILES string of the molecule is CCCC(C)(COC1(C(C)C)CCCC(C)C1)CC(C)C. The summed E-state index contributed by atoms with van der Waals surface area (Å²) in [6, 6.07) is 0. The van der Waals surface area contributed by atoms with Crippen LogP contribution in [0.15, 0.2) is 0 Å². The Hall–Kier alpha value is -0.0400. The van der Waals surface area contributed by atoms with Crippen LogP contribution in [-0.4, -0.2) is 12.2 Å². The fraction of sp³-hybridized carbons (Fsp3) is 1.00. The second-order valence-corrected chi connectivity index (χ2v) is 8.87. The van der Waals surface area contributed by atoms with Gasteiger partial charge in [-0.15, -0.1) is 0 Å². The van der Waals surface area contributed by atoms with Crippen molar-refractivity contribution in [1.29, 1.82) is 0 Å². The van der Waals surface area contributed by atoms with Crippen LogP contribution in [0.4, 0.5) is 0 Å². The highest BCUT2D eigenvalue weighted by molar-refractivity contribution is 4.91. The maximum atomic E-state index is 6.72. The highest BCUT2D eigenvalue weighted by atomic mass is 16.5. The molecule has 126 valence electrons. The lowest BCUT2D eigenvalue weighted by Crippen LogP contribution is -2.45. The molecule has 21 heavy (non-hydrogen) atoms. The van der Waals surface area contributed by atoms with Crippen molar-refractivity contribution >= 4 is 0 Å². The molecule has 1 rings (SSSR count). The second kappa shape index (κ2) is 7.99. The number of hydrogen-bond donors (Lipinski definition) is 0. The minimum Gasteiger partial charge on any atom is -0.374 e. The lowest BCUT2D eigenvalue weighted by Gasteiger charge is -2.45. The number of hydrogen-bond acceptors (Lipinski definition) is 1. The smallest absolute Gasteiger partial charge is 0.0708 e. The van der Waals surface area contributed by atoms with Gasteiger partial charge in [0.2, 0.25) is 0 Å². The zero-order valence-electron chi connectivity index (χ0n) is 15.8. The largest absolute Gasteiger partial charge is 0.374 e. The summed E-state index contributed by atoms with van der Waals surface area (Å²) in [5, 5.41) is 0. The summed E-state index contributed by atoms with van der Waals surface area (Å²) in [4.78, 5) is 0. The normalized spacial score (nSPS) is 29.9. The van der Waals surface area contributed by atoms with Crippen LogP contribution in [0.3, 0.4) is 0 Å². The lowest BCUT2D eigenvalue weighted by molar-refractivity contribution is -0.139. The molecular formula is C20H40O. The quantitative estimate of drug-likeness (QED) is 0.499. The first-order valence-electron chi connectivity index (χ1n) is 9.37. The van der Waals surface area contributed by atoms with Crippen molar-refractivity contribution in [1.82, 2.24) is 0 Å². The summed E-state index contributed by atoms with van der Waals surface area (Å²) in [6.45, 7) is 17.5. The molecule has 3 atom stereocenters. The minimum atomic E-state index is 0.143. The molecule has 0 bridgehead atoms. The highest BCUT2D eigenvalue weighted by Gasteiger charge is 2.40. The van der Waals surface area contributed by atoms with Gasteiger partial charge in [-0.3, -0.25) is 0 Å². The van der Waals surface area contributed by atoms with Gasteiger partial charge in [0.05, 0.1) is 12.2 Å². The van der Waals surface area contributed by atoms with Crippen LogP contribution >= 0.6 is 0 Å². The molecule has 1 nitrogen and oxygen atoms in total. The van der Waals surface area contributed by atoms with Gasteiger partial charge in [-0.25, -0.2) is 0 Å². The standard InChI is InChI=1S/C20H40O/c1-8-11-19(7,13-16(2)3)15-21-20(17(4)5)12-9-10-18(6)14-20/h16-18H,8-15H2,1-7H3. The van der Waals surface area contributed by atoms with E-state index in [-0.39, 0.29) is 5.60 Å². The van der Waals surface area contributed by atoms with E-state index >= 15 is 0 Å². The van der Waals surface area contributed by atoms with Gasteiger partial charge < -0.3 is 4.74 Å². The van der Waals surface area contributed by atoms with Crippen LogP contribution < -0.4 is 0 Å². The maximum absolute atomic E-state index is 6.72. The molecular weight excluding hydrogens is 256 g/mol. The molecule has 0 aromatic heterocycles. The van der Waals surface area contributed by atoms with Gasteiger partial charge in [0.25, 0.3) is 0 Å². The molecule has 0 heterocycles. The monoisotopic (exact) mass is 296 g/mol. The van der Waals surface area contributed by atoms with Crippen molar-refractivity contribution in [3.63, 3.8) is 0 Å². The van der Waals surface area contributed by atoms with E-state index in [1.807, 2.05) is 0 Å². The van der Waals surface area contributed by atoms with E-state index < -0.39 is 0 Å². The first-order valence-corrected chi connectivity index (χ1v) is 9.37. The molecule has 1 aliphatic carbocycles. The van der Waals surface area contributed by atoms with Crippen molar-refractivity contribution in [2.75, 3.05) is 6.61 Å². The summed E-state index contributed by atoms with van der Waals surface area (Å²) >= 11 is 0. The topological polar surface area (TPSA) is 9.23 Å². The third-order valence-corrected chi connectivity index (χ3v) is 5.51. The van der Waals surface area contributed by atoms with E-state index in [2.05, 4.69) is 48.5 Å². The van der Waals surface area contributed by atoms with Crippen molar-refractivity contribution in [3.05, 3.63) is 0 Å². The van der Waals surface area contributed by atoms with E-state index in [1.165, 1.54) is 44.9 Å². The van der Waals surface area contributed by atoms with Crippen LogP contribution in [0.5, 0.6) is 0 Å². The molecule has 1 fully saturated rings. The van der Waals surface area contributed by atoms with Crippen LogP contribution in [0.25, 0.3) is 0 Å². The molecule has 0 spiro atoms. The predicted octanol–water partition coefficient (Wildman–Crippen LogP) is 6.46. The fourth-order valence-electron chi connectivity index (χ4n) is 4.51. The van der Waals surface area contributed by atoms with Gasteiger partial charge in [0.1, 0.15) is 0 Å². The average Bonchev–Trinajstić information content (AvgIpc) is 2.36. The Balaban J connectivity index is 2.74. The first kappa shape index (κ1) is 19.0. The van der Waals surface area contributed by atoms with Crippen LogP contribution in [0, 0.1) is 23.2 Å². The number of ether oxygens (including phenoxy) is 1. The molecule has 0 aromatic rings. The van der Waals surface area contributed by atoms with Crippen LogP contribution in [0.2, 0.25) is 0 Å². The maximum Gasteiger partial charge on any atom is 0.0708 e. The summed E-state index contributed by atoms with van der Waals surface area (Å²) in [7, 11) is 0. The zero-order valence-corrected chi connectivity index (χ0v) is 15.8. The molecule has 1 saturated carbocycles. The van der Waals surface area contributed by atoms with E-state index in [4.69, 9.17) is 4.74 Å². The summed E-state index contributed by atoms with van der Waals surface area (Å²) in [5.41, 5.74) is 0.495. The molecule has 0 aromatic carbocycles. The third kappa shape index (κ3) is 5.58. The van der Waals surface area contributed by atoms with Gasteiger partial charge >= 0.3 is 0 Å². The van der Waals surface area contributed by atoms with Crippen molar-refractivity contribution in [3.8, 4) is 0 Å². The Labute approximate surface area is 134 Å². The summed E-state index contributed by atoms with van der Waals surface area (Å²) in [5.74, 6) is 2.21. The van der Waals surface area contributed by atoms with E-state index in [0.717, 1.165) is 18.4 Å². The molecule has 0 N–H and O–H groups in total. The summed E-state index contributed by atoms with van der Waals surface area (Å²) < 4.78 is 6.72. The molecule has 0 amide bonds. The Morgan fingerprint density at radius 1 is 1.24 bits per heavy atom. The molecule has 0 saturated heterocycles. The fourth-order valence-corrected chi connectivity index (χ4v) is 4.51. The van der Waals surface area contributed by atoms with E-state index in [9.17, 15) is 0 Å². The molecule has 1 heteroatoms. The van der Waals surface area contributed by atoms with Crippen molar-refractivity contribution in [2.45, 2.75) is 99.0 Å². The molecule has 1 aliphatic rings. The van der Waals surface area contributed by atoms with Crippen LogP contribution in [-0.2, 0) is 4.74 Å². The van der Waals surface area contributed by atoms with Gasteiger partial charge in [0, 0.05) is 0 Å². The van der Waals surface area contributed by atoms with E-state index in [1.54, 1.807) is 0 Å². The zero-order chi connectivity index (χ0) is 16.1. The molecule has 0 aliphatic heterocycles. The molecule has 0 radical (unpaired) electrons.